The molecular formula is C14H22N4. The minimum Gasteiger partial charge on any atom is -0.398 e. The average Bonchev–Trinajstić information content (AvgIpc) is 2.33. The molecule has 18 heavy (non-hydrogen) atoms. The molecule has 1 aromatic heterocycles. The van der Waals surface area contributed by atoms with Gasteiger partial charge in [0.15, 0.2) is 0 Å². The van der Waals surface area contributed by atoms with E-state index in [4.69, 9.17) is 11.0 Å². The van der Waals surface area contributed by atoms with E-state index in [0.717, 1.165) is 35.6 Å². The second kappa shape index (κ2) is 6.36. The lowest BCUT2D eigenvalue weighted by Gasteiger charge is -2.26. The van der Waals surface area contributed by atoms with Crippen molar-refractivity contribution in [2.45, 2.75) is 46.7 Å². The number of hydrogen-bond acceptors (Lipinski definition) is 4. The van der Waals surface area contributed by atoms with Gasteiger partial charge in [0.2, 0.25) is 0 Å². The third-order valence-corrected chi connectivity index (χ3v) is 3.27. The number of aryl methyl sites for hydroxylation is 1. The van der Waals surface area contributed by atoms with Crippen molar-refractivity contribution in [2.24, 2.45) is 0 Å². The highest BCUT2D eigenvalue weighted by Gasteiger charge is 2.13. The van der Waals surface area contributed by atoms with Crippen molar-refractivity contribution in [1.82, 2.24) is 9.88 Å². The maximum absolute atomic E-state index is 8.69. The van der Waals surface area contributed by atoms with Crippen LogP contribution in [0.25, 0.3) is 0 Å². The highest BCUT2D eigenvalue weighted by molar-refractivity contribution is 5.53. The first-order valence-electron chi connectivity index (χ1n) is 6.29. The molecule has 0 fully saturated rings. The van der Waals surface area contributed by atoms with E-state index in [2.05, 4.69) is 29.8 Å². The molecule has 2 N–H and O–H groups in total. The van der Waals surface area contributed by atoms with Gasteiger partial charge in [-0.2, -0.15) is 5.26 Å². The summed E-state index contributed by atoms with van der Waals surface area (Å²) in [6.07, 6.45) is 2.36. The second-order valence-electron chi connectivity index (χ2n) is 4.90. The van der Waals surface area contributed by atoms with Gasteiger partial charge in [-0.25, -0.2) is 0 Å². The molecule has 1 heterocycles. The zero-order valence-corrected chi connectivity index (χ0v) is 11.7. The quantitative estimate of drug-likeness (QED) is 0.866. The number of nitrogen functional groups attached to an aromatic ring is 1. The molecule has 0 spiro atoms. The summed E-state index contributed by atoms with van der Waals surface area (Å²) in [7, 11) is 0. The van der Waals surface area contributed by atoms with Gasteiger partial charge in [-0.3, -0.25) is 9.88 Å². The fraction of sp³-hybridized carbons (Fsp3) is 0.571. The number of nitriles is 1. The van der Waals surface area contributed by atoms with Crippen LogP contribution in [0.3, 0.4) is 0 Å². The summed E-state index contributed by atoms with van der Waals surface area (Å²) in [6.45, 7) is 9.75. The van der Waals surface area contributed by atoms with E-state index in [1.165, 1.54) is 0 Å². The lowest BCUT2D eigenvalue weighted by atomic mass is 10.1. The SMILES string of the molecule is Cc1cnc(CN(CCC#N)C(C)C)c(C)c1N. The van der Waals surface area contributed by atoms with Gasteiger partial charge in [-0.1, -0.05) is 0 Å². The highest BCUT2D eigenvalue weighted by atomic mass is 15.1. The molecule has 0 aliphatic rings. The number of rotatable bonds is 5. The fourth-order valence-electron chi connectivity index (χ4n) is 1.86. The zero-order chi connectivity index (χ0) is 13.7. The van der Waals surface area contributed by atoms with Gasteiger partial charge >= 0.3 is 0 Å². The molecule has 1 rings (SSSR count). The average molecular weight is 246 g/mol. The topological polar surface area (TPSA) is 65.9 Å². The lowest BCUT2D eigenvalue weighted by Crippen LogP contribution is -2.32. The van der Waals surface area contributed by atoms with Crippen LogP contribution in [0.1, 0.15) is 37.1 Å². The van der Waals surface area contributed by atoms with Crippen molar-refractivity contribution in [3.8, 4) is 6.07 Å². The molecule has 0 aromatic carbocycles. The summed E-state index contributed by atoms with van der Waals surface area (Å²) < 4.78 is 0. The van der Waals surface area contributed by atoms with Gasteiger partial charge in [0.05, 0.1) is 11.8 Å². The predicted octanol–water partition coefficient (Wildman–Crippen LogP) is 2.40. The Labute approximate surface area is 109 Å². The monoisotopic (exact) mass is 246 g/mol. The van der Waals surface area contributed by atoms with Crippen LogP contribution in [-0.4, -0.2) is 22.5 Å². The first-order chi connectivity index (χ1) is 8.47. The third kappa shape index (κ3) is 3.44. The van der Waals surface area contributed by atoms with Gasteiger partial charge in [0.1, 0.15) is 0 Å². The number of nitrogens with two attached hydrogens (primary N) is 1. The van der Waals surface area contributed by atoms with Crippen molar-refractivity contribution < 1.29 is 0 Å². The minimum absolute atomic E-state index is 0.391. The molecule has 0 bridgehead atoms. The summed E-state index contributed by atoms with van der Waals surface area (Å²) in [6, 6.07) is 2.58. The van der Waals surface area contributed by atoms with Crippen LogP contribution in [-0.2, 0) is 6.54 Å². The molecule has 0 amide bonds. The van der Waals surface area contributed by atoms with E-state index in [-0.39, 0.29) is 0 Å². The standard InChI is InChI=1S/C14H22N4/c1-10(2)18(7-5-6-15)9-13-12(4)14(16)11(3)8-17-13/h8,10H,5,7,9H2,1-4H3,(H2,16,17). The van der Waals surface area contributed by atoms with Gasteiger partial charge in [-0.15, -0.1) is 0 Å². The van der Waals surface area contributed by atoms with E-state index in [1.807, 2.05) is 20.0 Å². The molecular weight excluding hydrogens is 224 g/mol. The van der Waals surface area contributed by atoms with Crippen LogP contribution < -0.4 is 5.73 Å². The Hall–Kier alpha value is -1.60. The van der Waals surface area contributed by atoms with Gasteiger partial charge in [-0.05, 0) is 38.8 Å². The second-order valence-corrected chi connectivity index (χ2v) is 4.90. The number of hydrogen-bond donors (Lipinski definition) is 1. The molecule has 0 atom stereocenters. The maximum atomic E-state index is 8.69. The van der Waals surface area contributed by atoms with E-state index in [1.54, 1.807) is 0 Å². The maximum Gasteiger partial charge on any atom is 0.0635 e. The minimum atomic E-state index is 0.391. The predicted molar refractivity (Wildman–Crippen MR) is 73.9 cm³/mol. The summed E-state index contributed by atoms with van der Waals surface area (Å²) in [5.74, 6) is 0. The molecule has 0 saturated carbocycles. The van der Waals surface area contributed by atoms with Crippen LogP contribution in [0.5, 0.6) is 0 Å². The first-order valence-corrected chi connectivity index (χ1v) is 6.29. The Morgan fingerprint density at radius 2 is 2.11 bits per heavy atom. The molecule has 0 unspecified atom stereocenters. The Morgan fingerprint density at radius 1 is 1.44 bits per heavy atom. The van der Waals surface area contributed by atoms with Gasteiger partial charge in [0.25, 0.3) is 0 Å². The largest absolute Gasteiger partial charge is 0.398 e. The smallest absolute Gasteiger partial charge is 0.0635 e. The van der Waals surface area contributed by atoms with Crippen molar-refractivity contribution in [1.29, 1.82) is 5.26 Å². The van der Waals surface area contributed by atoms with E-state index in [0.29, 0.717) is 12.5 Å². The summed E-state index contributed by atoms with van der Waals surface area (Å²) >= 11 is 0. The van der Waals surface area contributed by atoms with Gasteiger partial charge in [0, 0.05) is 37.4 Å². The molecule has 0 radical (unpaired) electrons. The number of nitrogens with zero attached hydrogens (tertiary/aromatic N) is 3. The first kappa shape index (κ1) is 14.5. The summed E-state index contributed by atoms with van der Waals surface area (Å²) in [5, 5.41) is 8.69. The van der Waals surface area contributed by atoms with Crippen molar-refractivity contribution >= 4 is 5.69 Å². The van der Waals surface area contributed by atoms with E-state index in [9.17, 15) is 0 Å². The number of aromatic nitrogens is 1. The van der Waals surface area contributed by atoms with Crippen LogP contribution in [0, 0.1) is 25.2 Å². The Morgan fingerprint density at radius 3 is 2.67 bits per heavy atom. The third-order valence-electron chi connectivity index (χ3n) is 3.27. The van der Waals surface area contributed by atoms with Gasteiger partial charge < -0.3 is 5.73 Å². The Bertz CT molecular complexity index is 446. The molecule has 1 aromatic rings. The zero-order valence-electron chi connectivity index (χ0n) is 11.7. The highest BCUT2D eigenvalue weighted by Crippen LogP contribution is 2.19. The summed E-state index contributed by atoms with van der Waals surface area (Å²) in [5.41, 5.74) is 9.92. The molecule has 0 aliphatic heterocycles. The number of pyridine rings is 1. The number of anilines is 1. The lowest BCUT2D eigenvalue weighted by molar-refractivity contribution is 0.215. The van der Waals surface area contributed by atoms with Crippen LogP contribution in [0.4, 0.5) is 5.69 Å². The van der Waals surface area contributed by atoms with Crippen LogP contribution in [0.15, 0.2) is 6.20 Å². The van der Waals surface area contributed by atoms with Crippen molar-refractivity contribution in [3.63, 3.8) is 0 Å². The Balaban J connectivity index is 2.88. The van der Waals surface area contributed by atoms with Crippen LogP contribution in [0.2, 0.25) is 0 Å². The fourth-order valence-corrected chi connectivity index (χ4v) is 1.86. The van der Waals surface area contributed by atoms with Crippen LogP contribution >= 0.6 is 0 Å². The molecule has 0 saturated heterocycles. The van der Waals surface area contributed by atoms with E-state index < -0.39 is 0 Å². The van der Waals surface area contributed by atoms with Crippen molar-refractivity contribution in [2.75, 3.05) is 12.3 Å². The molecule has 4 heteroatoms. The van der Waals surface area contributed by atoms with Crippen molar-refractivity contribution in [3.05, 3.63) is 23.0 Å². The molecule has 98 valence electrons. The normalized spacial score (nSPS) is 10.9. The van der Waals surface area contributed by atoms with E-state index >= 15 is 0 Å². The molecule has 4 nitrogen and oxygen atoms in total. The summed E-state index contributed by atoms with van der Waals surface area (Å²) in [4.78, 5) is 6.71. The Kier molecular flexibility index (Phi) is 5.11. The molecule has 0 aliphatic carbocycles.